The summed E-state index contributed by atoms with van der Waals surface area (Å²) >= 11 is 0. The fourth-order valence-corrected chi connectivity index (χ4v) is 3.99. The van der Waals surface area contributed by atoms with Crippen LogP contribution in [0.3, 0.4) is 0 Å². The van der Waals surface area contributed by atoms with E-state index in [1.807, 2.05) is 51.1 Å². The Hall–Kier alpha value is -3.33. The number of hydrogen-bond donors (Lipinski definition) is 1. The van der Waals surface area contributed by atoms with Crippen molar-refractivity contribution in [3.05, 3.63) is 71.0 Å². The van der Waals surface area contributed by atoms with Crippen LogP contribution >= 0.6 is 0 Å². The van der Waals surface area contributed by atoms with E-state index in [-0.39, 0.29) is 29.2 Å². The zero-order chi connectivity index (χ0) is 24.0. The molecule has 3 rings (SSSR count). The highest BCUT2D eigenvalue weighted by Gasteiger charge is 2.29. The molecule has 6 heteroatoms. The molecule has 0 saturated carbocycles. The lowest BCUT2D eigenvalue weighted by atomic mass is 9.87. The van der Waals surface area contributed by atoms with Gasteiger partial charge in [0.15, 0.2) is 0 Å². The van der Waals surface area contributed by atoms with Gasteiger partial charge < -0.3 is 15.0 Å². The predicted molar refractivity (Wildman–Crippen MR) is 126 cm³/mol. The molecule has 0 aromatic heterocycles. The maximum atomic E-state index is 14.1. The van der Waals surface area contributed by atoms with Crippen molar-refractivity contribution in [3.8, 4) is 12.3 Å². The molecule has 33 heavy (non-hydrogen) atoms. The summed E-state index contributed by atoms with van der Waals surface area (Å²) in [6, 6.07) is 13.7. The third kappa shape index (κ3) is 6.82. The van der Waals surface area contributed by atoms with Crippen molar-refractivity contribution in [2.75, 3.05) is 13.1 Å². The topological polar surface area (TPSA) is 58.6 Å². The Morgan fingerprint density at radius 1 is 1.18 bits per heavy atom. The number of benzene rings is 2. The maximum absolute atomic E-state index is 14.1. The molecule has 1 N–H and O–H groups in total. The van der Waals surface area contributed by atoms with Gasteiger partial charge in [0.2, 0.25) is 0 Å². The second-order valence-corrected chi connectivity index (χ2v) is 9.42. The van der Waals surface area contributed by atoms with Crippen molar-refractivity contribution in [1.29, 1.82) is 0 Å². The van der Waals surface area contributed by atoms with Gasteiger partial charge in [-0.1, -0.05) is 36.3 Å². The fourth-order valence-electron chi connectivity index (χ4n) is 3.99. The summed E-state index contributed by atoms with van der Waals surface area (Å²) in [4.78, 5) is 27.0. The van der Waals surface area contributed by atoms with E-state index in [1.54, 1.807) is 4.90 Å². The zero-order valence-electron chi connectivity index (χ0n) is 19.4. The van der Waals surface area contributed by atoms with Gasteiger partial charge in [-0.2, -0.15) is 0 Å². The largest absolute Gasteiger partial charge is 0.444 e. The van der Waals surface area contributed by atoms with Gasteiger partial charge in [0, 0.05) is 18.7 Å². The lowest BCUT2D eigenvalue weighted by molar-refractivity contribution is 0.0178. The van der Waals surface area contributed by atoms with Crippen molar-refractivity contribution in [2.45, 2.75) is 51.7 Å². The Balaban J connectivity index is 1.66. The first-order chi connectivity index (χ1) is 15.7. The van der Waals surface area contributed by atoms with Crippen LogP contribution in [0.25, 0.3) is 0 Å². The molecule has 1 heterocycles. The minimum absolute atomic E-state index is 0.128. The van der Waals surface area contributed by atoms with Crippen LogP contribution in [-0.4, -0.2) is 35.6 Å². The minimum atomic E-state index is -0.587. The van der Waals surface area contributed by atoms with E-state index < -0.39 is 11.4 Å². The van der Waals surface area contributed by atoms with Crippen LogP contribution in [0.1, 0.15) is 67.6 Å². The van der Waals surface area contributed by atoms with Crippen molar-refractivity contribution >= 4 is 12.0 Å². The molecule has 5 nitrogen and oxygen atoms in total. The van der Waals surface area contributed by atoms with E-state index in [2.05, 4.69) is 11.2 Å². The third-order valence-electron chi connectivity index (χ3n) is 5.73. The van der Waals surface area contributed by atoms with Crippen molar-refractivity contribution in [3.63, 3.8) is 0 Å². The van der Waals surface area contributed by atoms with Crippen molar-refractivity contribution in [1.82, 2.24) is 10.2 Å². The number of nitrogens with one attached hydrogen (secondary N) is 1. The average Bonchev–Trinajstić information content (AvgIpc) is 2.78. The molecule has 0 aliphatic carbocycles. The van der Waals surface area contributed by atoms with E-state index in [4.69, 9.17) is 11.2 Å². The summed E-state index contributed by atoms with van der Waals surface area (Å²) in [5, 5.41) is 3.06. The fraction of sp³-hybridized carbons (Fsp3) is 0.407. The molecule has 0 bridgehead atoms. The number of carbonyl (C=O) groups is 2. The summed E-state index contributed by atoms with van der Waals surface area (Å²) in [5.41, 5.74) is 0.824. The number of rotatable bonds is 5. The Morgan fingerprint density at radius 2 is 1.85 bits per heavy atom. The SMILES string of the molecule is C#Cc1ccc(C(=O)NC(CC2CCN(C(=O)OC(C)(C)C)CC2)c2ccccc2)cc1F. The number of amides is 2. The van der Waals surface area contributed by atoms with Gasteiger partial charge in [0.05, 0.1) is 11.6 Å². The number of carbonyl (C=O) groups excluding carboxylic acids is 2. The second kappa shape index (κ2) is 10.5. The van der Waals surface area contributed by atoms with Gasteiger partial charge in [-0.3, -0.25) is 4.79 Å². The molecular weight excluding hydrogens is 419 g/mol. The Kier molecular flexibility index (Phi) is 7.75. The van der Waals surface area contributed by atoms with E-state index in [0.29, 0.717) is 19.0 Å². The molecule has 1 fully saturated rings. The Labute approximate surface area is 195 Å². The van der Waals surface area contributed by atoms with Crippen molar-refractivity contribution in [2.24, 2.45) is 5.92 Å². The normalized spacial score (nSPS) is 15.4. The molecule has 1 aliphatic rings. The van der Waals surface area contributed by atoms with E-state index in [9.17, 15) is 14.0 Å². The number of hydrogen-bond acceptors (Lipinski definition) is 3. The molecule has 2 amide bonds. The number of ether oxygens (including phenoxy) is 1. The first kappa shape index (κ1) is 24.3. The lowest BCUT2D eigenvalue weighted by Crippen LogP contribution is -2.42. The highest BCUT2D eigenvalue weighted by molar-refractivity contribution is 5.94. The van der Waals surface area contributed by atoms with E-state index in [0.717, 1.165) is 24.8 Å². The van der Waals surface area contributed by atoms with Crippen LogP contribution in [0.2, 0.25) is 0 Å². The van der Waals surface area contributed by atoms with Crippen molar-refractivity contribution < 1.29 is 18.7 Å². The molecule has 174 valence electrons. The van der Waals surface area contributed by atoms with Crippen LogP contribution in [0.15, 0.2) is 48.5 Å². The van der Waals surface area contributed by atoms with Crippen LogP contribution in [0, 0.1) is 24.1 Å². The number of terminal acetylenes is 1. The predicted octanol–water partition coefficient (Wildman–Crippen LogP) is 5.32. The van der Waals surface area contributed by atoms with Crippen LogP contribution in [0.4, 0.5) is 9.18 Å². The van der Waals surface area contributed by atoms with Gasteiger partial charge in [-0.25, -0.2) is 9.18 Å². The highest BCUT2D eigenvalue weighted by atomic mass is 19.1. The summed E-state index contributed by atoms with van der Waals surface area (Å²) in [5.74, 6) is 1.65. The molecule has 0 radical (unpaired) electrons. The Bertz CT molecular complexity index is 1020. The summed E-state index contributed by atoms with van der Waals surface area (Å²) in [6.07, 6.45) is 7.36. The molecule has 1 aliphatic heterocycles. The van der Waals surface area contributed by atoms with Crippen LogP contribution in [-0.2, 0) is 4.74 Å². The summed E-state index contributed by atoms with van der Waals surface area (Å²) < 4.78 is 19.6. The maximum Gasteiger partial charge on any atom is 0.410 e. The van der Waals surface area contributed by atoms with Crippen LogP contribution in [0.5, 0.6) is 0 Å². The molecule has 1 atom stereocenters. The average molecular weight is 451 g/mol. The second-order valence-electron chi connectivity index (χ2n) is 9.42. The third-order valence-corrected chi connectivity index (χ3v) is 5.73. The smallest absolute Gasteiger partial charge is 0.410 e. The van der Waals surface area contributed by atoms with Gasteiger partial charge in [0.1, 0.15) is 11.4 Å². The number of halogens is 1. The Morgan fingerprint density at radius 3 is 2.42 bits per heavy atom. The van der Waals surface area contributed by atoms with Gasteiger partial charge in [0.25, 0.3) is 5.91 Å². The number of piperidine rings is 1. The highest BCUT2D eigenvalue weighted by Crippen LogP contribution is 2.29. The van der Waals surface area contributed by atoms with Gasteiger partial charge in [-0.15, -0.1) is 6.42 Å². The molecule has 1 saturated heterocycles. The first-order valence-electron chi connectivity index (χ1n) is 11.3. The van der Waals surface area contributed by atoms with E-state index >= 15 is 0 Å². The molecule has 0 spiro atoms. The molecule has 1 unspecified atom stereocenters. The standard InChI is InChI=1S/C27H31FN2O3/c1-5-20-11-12-22(18-23(20)28)25(31)29-24(21-9-7-6-8-10-21)17-19-13-15-30(16-14-19)26(32)33-27(2,3)4/h1,6-12,18-19,24H,13-17H2,2-4H3,(H,29,31). The van der Waals surface area contributed by atoms with E-state index in [1.165, 1.54) is 18.2 Å². The molecule has 2 aromatic carbocycles. The first-order valence-corrected chi connectivity index (χ1v) is 11.3. The van der Waals surface area contributed by atoms with Gasteiger partial charge in [-0.05, 0) is 69.7 Å². The summed E-state index contributed by atoms with van der Waals surface area (Å²) in [7, 11) is 0. The number of likely N-dealkylation sites (tertiary alicyclic amines) is 1. The number of nitrogens with zero attached hydrogens (tertiary/aromatic N) is 1. The zero-order valence-corrected chi connectivity index (χ0v) is 19.4. The lowest BCUT2D eigenvalue weighted by Gasteiger charge is -2.35. The molecular formula is C27H31FN2O3. The van der Waals surface area contributed by atoms with Gasteiger partial charge >= 0.3 is 6.09 Å². The van der Waals surface area contributed by atoms with Crippen LogP contribution < -0.4 is 5.32 Å². The minimum Gasteiger partial charge on any atom is -0.444 e. The molecule has 2 aromatic rings. The quantitative estimate of drug-likeness (QED) is 0.628. The monoisotopic (exact) mass is 450 g/mol. The summed E-state index contributed by atoms with van der Waals surface area (Å²) in [6.45, 7) is 6.81.